The number of anilines is 2. The van der Waals surface area contributed by atoms with Crippen molar-refractivity contribution in [2.45, 2.75) is 39.7 Å². The van der Waals surface area contributed by atoms with Gasteiger partial charge in [-0.3, -0.25) is 19.0 Å². The number of fused-ring (bicyclic) bond motifs is 1. The summed E-state index contributed by atoms with van der Waals surface area (Å²) < 4.78 is 1.71. The van der Waals surface area contributed by atoms with Crippen molar-refractivity contribution in [2.24, 2.45) is 5.92 Å². The lowest BCUT2D eigenvalue weighted by atomic mass is 9.97. The van der Waals surface area contributed by atoms with Gasteiger partial charge in [-0.2, -0.15) is 4.98 Å². The van der Waals surface area contributed by atoms with Crippen LogP contribution in [-0.2, 0) is 22.6 Å². The largest absolute Gasteiger partial charge is 0.356 e. The van der Waals surface area contributed by atoms with Crippen LogP contribution < -0.4 is 21.1 Å². The first-order valence-corrected chi connectivity index (χ1v) is 12.1. The van der Waals surface area contributed by atoms with Gasteiger partial charge in [0.15, 0.2) is 10.8 Å². The summed E-state index contributed by atoms with van der Waals surface area (Å²) in [7, 11) is 0. The topological polar surface area (TPSA) is 109 Å². The third-order valence-electron chi connectivity index (χ3n) is 5.75. The number of nitrogens with one attached hydrogen (secondary N) is 2. The lowest BCUT2D eigenvalue weighted by Crippen LogP contribution is -2.43. The van der Waals surface area contributed by atoms with E-state index in [2.05, 4.69) is 27.5 Å². The van der Waals surface area contributed by atoms with E-state index in [1.807, 2.05) is 36.1 Å². The number of amides is 2. The van der Waals surface area contributed by atoms with Gasteiger partial charge in [0, 0.05) is 25.3 Å². The molecule has 1 fully saturated rings. The molecule has 1 aromatic carbocycles. The number of rotatable bonds is 7. The quantitative estimate of drug-likeness (QED) is 0.551. The van der Waals surface area contributed by atoms with Gasteiger partial charge >= 0.3 is 0 Å². The summed E-state index contributed by atoms with van der Waals surface area (Å²) >= 11 is 1.26. The Bertz CT molecular complexity index is 1200. The van der Waals surface area contributed by atoms with E-state index < -0.39 is 0 Å². The molecule has 9 nitrogen and oxygen atoms in total. The number of aromatic nitrogens is 3. The van der Waals surface area contributed by atoms with Gasteiger partial charge in [-0.1, -0.05) is 30.4 Å². The fourth-order valence-electron chi connectivity index (χ4n) is 3.95. The first-order chi connectivity index (χ1) is 16.0. The van der Waals surface area contributed by atoms with Crippen LogP contribution in [0.25, 0.3) is 10.3 Å². The van der Waals surface area contributed by atoms with E-state index in [0.29, 0.717) is 34.3 Å². The third-order valence-corrected chi connectivity index (χ3v) is 6.84. The van der Waals surface area contributed by atoms with E-state index in [1.165, 1.54) is 27.8 Å². The van der Waals surface area contributed by atoms with Gasteiger partial charge in [0.25, 0.3) is 5.56 Å². The second-order valence-electron chi connectivity index (χ2n) is 8.11. The van der Waals surface area contributed by atoms with Gasteiger partial charge in [0.2, 0.25) is 11.8 Å². The minimum absolute atomic E-state index is 0.0548. The van der Waals surface area contributed by atoms with E-state index in [-0.39, 0.29) is 29.8 Å². The van der Waals surface area contributed by atoms with Crippen molar-refractivity contribution in [3.8, 4) is 0 Å². The van der Waals surface area contributed by atoms with E-state index in [4.69, 9.17) is 0 Å². The van der Waals surface area contributed by atoms with Crippen LogP contribution in [0.3, 0.4) is 0 Å². The predicted molar refractivity (Wildman–Crippen MR) is 130 cm³/mol. The maximum atomic E-state index is 13.0. The second-order valence-corrected chi connectivity index (χ2v) is 9.08. The molecule has 2 aromatic heterocycles. The summed E-state index contributed by atoms with van der Waals surface area (Å²) in [5.74, 6) is -0.336. The highest BCUT2D eigenvalue weighted by molar-refractivity contribution is 7.22. The molecule has 33 heavy (non-hydrogen) atoms. The summed E-state index contributed by atoms with van der Waals surface area (Å²) in [5.41, 5.74) is 1.95. The fraction of sp³-hybridized carbons (Fsp3) is 0.435. The molecule has 0 radical (unpaired) electrons. The summed E-state index contributed by atoms with van der Waals surface area (Å²) in [6.07, 6.45) is 4.02. The average molecular weight is 469 g/mol. The minimum atomic E-state index is -0.298. The molecule has 3 heterocycles. The van der Waals surface area contributed by atoms with Crippen molar-refractivity contribution in [1.29, 1.82) is 0 Å². The molecule has 0 unspecified atom stereocenters. The SMILES string of the molecule is CCNC(=O)[C@H]1CCCN(c2nc3ncn(CC(=O)Nc4ccc(CC)cc4)c(=O)c3s2)C1. The van der Waals surface area contributed by atoms with Crippen LogP contribution in [-0.4, -0.2) is 46.0 Å². The van der Waals surface area contributed by atoms with Crippen LogP contribution in [0, 0.1) is 5.92 Å². The summed E-state index contributed by atoms with van der Waals surface area (Å²) in [4.78, 5) is 48.6. The summed E-state index contributed by atoms with van der Waals surface area (Å²) in [6, 6.07) is 7.63. The van der Waals surface area contributed by atoms with Crippen LogP contribution in [0.5, 0.6) is 0 Å². The molecule has 0 bridgehead atoms. The Kier molecular flexibility index (Phi) is 7.02. The van der Waals surface area contributed by atoms with Gasteiger partial charge in [-0.05, 0) is 43.9 Å². The Morgan fingerprint density at radius 2 is 2.00 bits per heavy atom. The van der Waals surface area contributed by atoms with Crippen molar-refractivity contribution in [3.63, 3.8) is 0 Å². The Morgan fingerprint density at radius 1 is 1.21 bits per heavy atom. The molecule has 0 spiro atoms. The number of hydrogen-bond donors (Lipinski definition) is 2. The standard InChI is InChI=1S/C23H28N6O3S/c1-3-15-7-9-17(10-8-15)26-18(30)13-29-14-25-20-19(22(29)32)33-23(27-20)28-11-5-6-16(12-28)21(31)24-4-2/h7-10,14,16H,3-6,11-13H2,1-2H3,(H,24,31)(H,26,30)/t16-/m0/s1. The van der Waals surface area contributed by atoms with Crippen LogP contribution in [0.15, 0.2) is 35.4 Å². The van der Waals surface area contributed by atoms with Crippen LogP contribution >= 0.6 is 11.3 Å². The molecule has 1 aliphatic rings. The second kappa shape index (κ2) is 10.1. The number of carbonyl (C=O) groups excluding carboxylic acids is 2. The van der Waals surface area contributed by atoms with Gasteiger partial charge in [-0.15, -0.1) is 0 Å². The van der Waals surface area contributed by atoms with Crippen molar-refractivity contribution in [3.05, 3.63) is 46.5 Å². The van der Waals surface area contributed by atoms with Crippen LogP contribution in [0.2, 0.25) is 0 Å². The average Bonchev–Trinajstić information content (AvgIpc) is 3.27. The van der Waals surface area contributed by atoms with Gasteiger partial charge in [-0.25, -0.2) is 4.98 Å². The van der Waals surface area contributed by atoms with Crippen molar-refractivity contribution < 1.29 is 9.59 Å². The van der Waals surface area contributed by atoms with Crippen LogP contribution in [0.4, 0.5) is 10.8 Å². The zero-order valence-corrected chi connectivity index (χ0v) is 19.7. The highest BCUT2D eigenvalue weighted by Crippen LogP contribution is 2.29. The van der Waals surface area contributed by atoms with E-state index >= 15 is 0 Å². The molecule has 174 valence electrons. The first-order valence-electron chi connectivity index (χ1n) is 11.3. The van der Waals surface area contributed by atoms with Gasteiger partial charge < -0.3 is 15.5 Å². The molecule has 0 saturated carbocycles. The number of piperidine rings is 1. The number of benzene rings is 1. The number of nitrogens with zero attached hydrogens (tertiary/aromatic N) is 4. The van der Waals surface area contributed by atoms with E-state index in [1.54, 1.807) is 0 Å². The molecule has 10 heteroatoms. The molecule has 1 saturated heterocycles. The molecule has 2 amide bonds. The van der Waals surface area contributed by atoms with E-state index in [0.717, 1.165) is 25.8 Å². The van der Waals surface area contributed by atoms with Crippen LogP contribution in [0.1, 0.15) is 32.3 Å². The van der Waals surface area contributed by atoms with E-state index in [9.17, 15) is 14.4 Å². The molecule has 0 aliphatic carbocycles. The maximum Gasteiger partial charge on any atom is 0.273 e. The number of thiazole rings is 1. The highest BCUT2D eigenvalue weighted by atomic mass is 32.1. The minimum Gasteiger partial charge on any atom is -0.356 e. The Labute approximate surface area is 195 Å². The van der Waals surface area contributed by atoms with Gasteiger partial charge in [0.05, 0.1) is 5.92 Å². The normalized spacial score (nSPS) is 16.1. The highest BCUT2D eigenvalue weighted by Gasteiger charge is 2.27. The fourth-order valence-corrected chi connectivity index (χ4v) is 4.95. The predicted octanol–water partition coefficient (Wildman–Crippen LogP) is 2.41. The Hall–Kier alpha value is -3.27. The summed E-state index contributed by atoms with van der Waals surface area (Å²) in [5, 5.41) is 6.38. The number of aryl methyl sites for hydroxylation is 1. The maximum absolute atomic E-state index is 13.0. The smallest absolute Gasteiger partial charge is 0.273 e. The molecule has 1 aliphatic heterocycles. The third kappa shape index (κ3) is 5.22. The monoisotopic (exact) mass is 468 g/mol. The van der Waals surface area contributed by atoms with Gasteiger partial charge in [0.1, 0.15) is 17.6 Å². The summed E-state index contributed by atoms with van der Waals surface area (Å²) in [6.45, 7) is 5.80. The number of carbonyl (C=O) groups is 2. The molecule has 4 rings (SSSR count). The molecular weight excluding hydrogens is 440 g/mol. The first kappa shape index (κ1) is 22.9. The zero-order valence-electron chi connectivity index (χ0n) is 18.8. The lowest BCUT2D eigenvalue weighted by molar-refractivity contribution is -0.125. The Balaban J connectivity index is 1.48. The lowest BCUT2D eigenvalue weighted by Gasteiger charge is -2.31. The van der Waals surface area contributed by atoms with Crippen molar-refractivity contribution >= 4 is 44.3 Å². The van der Waals surface area contributed by atoms with Crippen molar-refractivity contribution in [1.82, 2.24) is 19.9 Å². The number of hydrogen-bond acceptors (Lipinski definition) is 7. The molecule has 1 atom stereocenters. The Morgan fingerprint density at radius 3 is 2.73 bits per heavy atom. The molecular formula is C23H28N6O3S. The molecule has 3 aromatic rings. The molecule has 2 N–H and O–H groups in total. The van der Waals surface area contributed by atoms with Crippen molar-refractivity contribution in [2.75, 3.05) is 29.9 Å². The zero-order chi connectivity index (χ0) is 23.4.